The van der Waals surface area contributed by atoms with Crippen molar-refractivity contribution >= 4 is 5.97 Å². The Morgan fingerprint density at radius 1 is 0.820 bits per heavy atom. The number of carbonyl (C=O) groups is 1. The molecule has 258 valence electrons. The summed E-state index contributed by atoms with van der Waals surface area (Å²) in [6, 6.07) is 29.3. The van der Waals surface area contributed by atoms with E-state index in [4.69, 9.17) is 23.7 Å². The molecule has 0 saturated carbocycles. The van der Waals surface area contributed by atoms with Gasteiger partial charge in [0, 0.05) is 5.56 Å². The van der Waals surface area contributed by atoms with Crippen molar-refractivity contribution in [3.05, 3.63) is 155 Å². The Balaban J connectivity index is 1.41. The van der Waals surface area contributed by atoms with E-state index in [2.05, 4.69) is 10.3 Å². The quantitative estimate of drug-likeness (QED) is 0.0764. The summed E-state index contributed by atoms with van der Waals surface area (Å²) in [7, 11) is 1.25. The van der Waals surface area contributed by atoms with Gasteiger partial charge in [0.2, 0.25) is 0 Å². The molecule has 1 fully saturated rings. The molecule has 0 N–H and O–H groups in total. The zero-order chi connectivity index (χ0) is 34.9. The standard InChI is InChI=1S/C38H34F3N3O6/c1-46-34(45)19-32-37(48-22-26-13-7-3-8-14-26)36(44-20-31(42-43-44)28-17-29(39)35(41)30(40)18-28)38(49-23-27-15-9-4-10-16-27)33(50-32)24-47-21-25-11-5-2-6-12-25/h2-20,33,36-38H,21-24H2,1H3/t33-,36-,37+,38+/m1/s1. The molecule has 2 heterocycles. The van der Waals surface area contributed by atoms with E-state index in [0.29, 0.717) is 0 Å². The van der Waals surface area contributed by atoms with Crippen LogP contribution >= 0.6 is 0 Å². The van der Waals surface area contributed by atoms with Crippen LogP contribution in [0.25, 0.3) is 11.3 Å². The smallest absolute Gasteiger partial charge is 0.333 e. The predicted molar refractivity (Wildman–Crippen MR) is 175 cm³/mol. The summed E-state index contributed by atoms with van der Waals surface area (Å²) in [6.45, 7) is 0.582. The lowest BCUT2D eigenvalue weighted by Gasteiger charge is -2.43. The third-order valence-electron chi connectivity index (χ3n) is 8.09. The van der Waals surface area contributed by atoms with Gasteiger partial charge in [-0.3, -0.25) is 0 Å². The average Bonchev–Trinajstić information content (AvgIpc) is 3.64. The number of methoxy groups -OCH3 is 1. The zero-order valence-corrected chi connectivity index (χ0v) is 27.0. The first-order valence-electron chi connectivity index (χ1n) is 15.8. The van der Waals surface area contributed by atoms with Gasteiger partial charge in [-0.25, -0.2) is 22.6 Å². The first-order valence-corrected chi connectivity index (χ1v) is 15.8. The fourth-order valence-electron chi connectivity index (χ4n) is 5.62. The fourth-order valence-corrected chi connectivity index (χ4v) is 5.62. The molecule has 0 radical (unpaired) electrons. The molecule has 12 heteroatoms. The highest BCUT2D eigenvalue weighted by atomic mass is 19.2. The number of hydrogen-bond donors (Lipinski definition) is 0. The minimum atomic E-state index is -1.59. The second kappa shape index (κ2) is 16.4. The number of hydrogen-bond acceptors (Lipinski definition) is 8. The van der Waals surface area contributed by atoms with E-state index in [-0.39, 0.29) is 43.4 Å². The molecule has 4 aromatic carbocycles. The molecule has 0 amide bonds. The van der Waals surface area contributed by atoms with Crippen molar-refractivity contribution in [2.45, 2.75) is 44.2 Å². The summed E-state index contributed by atoms with van der Waals surface area (Å²) >= 11 is 0. The maximum atomic E-state index is 14.2. The Morgan fingerprint density at radius 2 is 1.38 bits per heavy atom. The van der Waals surface area contributed by atoms with E-state index in [1.165, 1.54) is 24.1 Å². The minimum absolute atomic E-state index is 0.0312. The van der Waals surface area contributed by atoms with Gasteiger partial charge in [-0.2, -0.15) is 0 Å². The highest BCUT2D eigenvalue weighted by Gasteiger charge is 2.48. The summed E-state index contributed by atoms with van der Waals surface area (Å²) in [5.74, 6) is -4.89. The van der Waals surface area contributed by atoms with Crippen molar-refractivity contribution in [3.63, 3.8) is 0 Å². The number of halogens is 3. The van der Waals surface area contributed by atoms with E-state index in [1.54, 1.807) is 0 Å². The van der Waals surface area contributed by atoms with Crippen molar-refractivity contribution in [1.82, 2.24) is 15.0 Å². The fraction of sp³-hybridized carbons (Fsp3) is 0.237. The van der Waals surface area contributed by atoms with Crippen LogP contribution in [-0.4, -0.2) is 53.0 Å². The molecule has 5 aromatic rings. The molecular weight excluding hydrogens is 651 g/mol. The number of rotatable bonds is 13. The molecule has 0 unspecified atom stereocenters. The Kier molecular flexibility index (Phi) is 11.3. The van der Waals surface area contributed by atoms with Crippen LogP contribution in [0, 0.1) is 17.5 Å². The predicted octanol–water partition coefficient (Wildman–Crippen LogP) is 6.75. The summed E-state index contributed by atoms with van der Waals surface area (Å²) in [5, 5.41) is 8.50. The molecule has 0 aliphatic carbocycles. The average molecular weight is 686 g/mol. The summed E-state index contributed by atoms with van der Waals surface area (Å²) in [5.41, 5.74) is 2.69. The van der Waals surface area contributed by atoms with Gasteiger partial charge in [0.15, 0.2) is 17.5 Å². The van der Waals surface area contributed by atoms with Crippen LogP contribution in [0.3, 0.4) is 0 Å². The number of nitrogens with zero attached hydrogens (tertiary/aromatic N) is 3. The normalized spacial score (nSPS) is 19.6. The van der Waals surface area contributed by atoms with E-state index in [9.17, 15) is 18.0 Å². The van der Waals surface area contributed by atoms with Crippen LogP contribution in [0.1, 0.15) is 22.7 Å². The molecule has 9 nitrogen and oxygen atoms in total. The topological polar surface area (TPSA) is 93.9 Å². The summed E-state index contributed by atoms with van der Waals surface area (Å²) < 4.78 is 74.4. The Labute approximate surface area is 286 Å². The van der Waals surface area contributed by atoms with Crippen molar-refractivity contribution in [2.75, 3.05) is 13.7 Å². The van der Waals surface area contributed by atoms with Crippen molar-refractivity contribution in [2.24, 2.45) is 0 Å². The second-order valence-corrected chi connectivity index (χ2v) is 11.5. The van der Waals surface area contributed by atoms with Gasteiger partial charge in [0.1, 0.15) is 35.8 Å². The highest BCUT2D eigenvalue weighted by molar-refractivity contribution is 5.82. The van der Waals surface area contributed by atoms with Gasteiger partial charge in [0.25, 0.3) is 0 Å². The molecule has 6 rings (SSSR count). The van der Waals surface area contributed by atoms with Crippen LogP contribution < -0.4 is 0 Å². The van der Waals surface area contributed by atoms with Crippen LogP contribution in [0.4, 0.5) is 13.2 Å². The number of carbonyl (C=O) groups excluding carboxylic acids is 1. The van der Waals surface area contributed by atoms with E-state index < -0.39 is 47.8 Å². The lowest BCUT2D eigenvalue weighted by atomic mass is 9.94. The Hall–Kier alpha value is -5.30. The van der Waals surface area contributed by atoms with Gasteiger partial charge in [0.05, 0.1) is 45.8 Å². The monoisotopic (exact) mass is 685 g/mol. The first kappa shape index (κ1) is 34.6. The van der Waals surface area contributed by atoms with Gasteiger partial charge in [-0.1, -0.05) is 96.2 Å². The number of aromatic nitrogens is 3. The van der Waals surface area contributed by atoms with Gasteiger partial charge >= 0.3 is 5.97 Å². The maximum absolute atomic E-state index is 14.2. The molecule has 4 atom stereocenters. The zero-order valence-electron chi connectivity index (χ0n) is 27.0. The SMILES string of the molecule is COC(=O)C=C1O[C@H](COCc2ccccc2)[C@H](OCc2ccccc2)[C@H](n2cc(-c3cc(F)c(F)c(F)c3)nn2)[C@H]1OCc1ccccc1. The van der Waals surface area contributed by atoms with Crippen LogP contribution in [0.5, 0.6) is 0 Å². The van der Waals surface area contributed by atoms with Crippen LogP contribution in [0.2, 0.25) is 0 Å². The lowest BCUT2D eigenvalue weighted by Crippen LogP contribution is -2.53. The minimum Gasteiger partial charge on any atom is -0.486 e. The molecule has 50 heavy (non-hydrogen) atoms. The second-order valence-electron chi connectivity index (χ2n) is 11.5. The molecule has 1 aliphatic rings. The maximum Gasteiger partial charge on any atom is 0.333 e. The molecule has 1 aliphatic heterocycles. The van der Waals surface area contributed by atoms with Crippen LogP contribution in [0.15, 0.2) is 121 Å². The number of esters is 1. The van der Waals surface area contributed by atoms with E-state index >= 15 is 0 Å². The van der Waals surface area contributed by atoms with E-state index in [1.807, 2.05) is 91.0 Å². The van der Waals surface area contributed by atoms with Gasteiger partial charge in [-0.05, 0) is 28.8 Å². The molecule has 1 aromatic heterocycles. The Bertz CT molecular complexity index is 1870. The number of ether oxygens (including phenoxy) is 5. The van der Waals surface area contributed by atoms with Crippen molar-refractivity contribution in [1.29, 1.82) is 0 Å². The first-order chi connectivity index (χ1) is 24.4. The number of benzene rings is 4. The van der Waals surface area contributed by atoms with E-state index in [0.717, 1.165) is 28.8 Å². The molecule has 0 bridgehead atoms. The summed E-state index contributed by atoms with van der Waals surface area (Å²) in [6.07, 6.45) is 0.00289. The third-order valence-corrected chi connectivity index (χ3v) is 8.09. The largest absolute Gasteiger partial charge is 0.486 e. The van der Waals surface area contributed by atoms with Crippen molar-refractivity contribution in [3.8, 4) is 11.3 Å². The Morgan fingerprint density at radius 3 is 1.96 bits per heavy atom. The summed E-state index contributed by atoms with van der Waals surface area (Å²) in [4.78, 5) is 12.7. The lowest BCUT2D eigenvalue weighted by molar-refractivity contribution is -0.180. The molecular formula is C38H34F3N3O6. The molecule has 1 saturated heterocycles. The highest BCUT2D eigenvalue weighted by Crippen LogP contribution is 2.38. The van der Waals surface area contributed by atoms with Crippen molar-refractivity contribution < 1.29 is 41.7 Å². The van der Waals surface area contributed by atoms with Crippen LogP contribution in [-0.2, 0) is 48.3 Å². The molecule has 0 spiro atoms. The van der Waals surface area contributed by atoms with Gasteiger partial charge < -0.3 is 23.7 Å². The van der Waals surface area contributed by atoms with Gasteiger partial charge in [-0.15, -0.1) is 5.10 Å². The third kappa shape index (κ3) is 8.46.